The zero-order valence-corrected chi connectivity index (χ0v) is 10.2. The second-order valence-electron chi connectivity index (χ2n) is 5.54. The van der Waals surface area contributed by atoms with E-state index in [0.717, 1.165) is 11.8 Å². The highest BCUT2D eigenvalue weighted by Crippen LogP contribution is 2.39. The molecule has 86 valence electrons. The lowest BCUT2D eigenvalue weighted by Gasteiger charge is -2.42. The lowest BCUT2D eigenvalue weighted by Crippen LogP contribution is -2.48. The summed E-state index contributed by atoms with van der Waals surface area (Å²) < 4.78 is 0. The maximum absolute atomic E-state index is 4.59. The molecule has 1 aliphatic carbocycles. The SMILES string of the molecule is CC(C)N1CC(c2ccc(C3CC3)nc2)C1. The standard InChI is InChI=1S/C14H20N2/c1-10(2)16-8-13(9-16)12-5-6-14(15-7-12)11-3-4-11/h5-7,10-11,13H,3-4,8-9H2,1-2H3. The van der Waals surface area contributed by atoms with Crippen molar-refractivity contribution in [3.8, 4) is 0 Å². The smallest absolute Gasteiger partial charge is 0.0434 e. The Morgan fingerprint density at radius 2 is 1.94 bits per heavy atom. The summed E-state index contributed by atoms with van der Waals surface area (Å²) in [6, 6.07) is 5.23. The topological polar surface area (TPSA) is 16.1 Å². The van der Waals surface area contributed by atoms with Crippen LogP contribution >= 0.6 is 0 Å². The van der Waals surface area contributed by atoms with Crippen molar-refractivity contribution < 1.29 is 0 Å². The molecule has 0 bridgehead atoms. The second-order valence-corrected chi connectivity index (χ2v) is 5.54. The van der Waals surface area contributed by atoms with Crippen LogP contribution in [0, 0.1) is 0 Å². The molecule has 0 atom stereocenters. The quantitative estimate of drug-likeness (QED) is 0.772. The first-order valence-electron chi connectivity index (χ1n) is 6.44. The molecule has 1 saturated carbocycles. The van der Waals surface area contributed by atoms with Gasteiger partial charge in [0.1, 0.15) is 0 Å². The molecule has 0 amide bonds. The molecule has 2 heteroatoms. The van der Waals surface area contributed by atoms with Crippen LogP contribution in [0.25, 0.3) is 0 Å². The normalized spacial score (nSPS) is 22.4. The molecule has 2 heterocycles. The van der Waals surface area contributed by atoms with Gasteiger partial charge in [0.25, 0.3) is 0 Å². The molecule has 1 saturated heterocycles. The van der Waals surface area contributed by atoms with Crippen molar-refractivity contribution in [2.75, 3.05) is 13.1 Å². The maximum Gasteiger partial charge on any atom is 0.0434 e. The Bertz CT molecular complexity index is 359. The van der Waals surface area contributed by atoms with E-state index in [9.17, 15) is 0 Å². The first kappa shape index (κ1) is 10.3. The Morgan fingerprint density at radius 3 is 2.44 bits per heavy atom. The summed E-state index contributed by atoms with van der Waals surface area (Å²) in [6.07, 6.45) is 4.80. The predicted molar refractivity (Wildman–Crippen MR) is 65.7 cm³/mol. The fourth-order valence-corrected chi connectivity index (χ4v) is 2.42. The third-order valence-electron chi connectivity index (χ3n) is 3.92. The lowest BCUT2D eigenvalue weighted by atomic mass is 9.91. The molecule has 0 radical (unpaired) electrons. The Labute approximate surface area is 97.7 Å². The second kappa shape index (κ2) is 3.85. The fourth-order valence-electron chi connectivity index (χ4n) is 2.42. The van der Waals surface area contributed by atoms with Gasteiger partial charge in [-0.05, 0) is 38.3 Å². The van der Waals surface area contributed by atoms with E-state index < -0.39 is 0 Å². The van der Waals surface area contributed by atoms with Crippen LogP contribution < -0.4 is 0 Å². The van der Waals surface area contributed by atoms with Gasteiger partial charge in [0.15, 0.2) is 0 Å². The molecule has 1 aromatic rings. The molecule has 2 aliphatic rings. The number of rotatable bonds is 3. The van der Waals surface area contributed by atoms with Gasteiger partial charge in [0, 0.05) is 42.9 Å². The van der Waals surface area contributed by atoms with Gasteiger partial charge >= 0.3 is 0 Å². The third-order valence-corrected chi connectivity index (χ3v) is 3.92. The van der Waals surface area contributed by atoms with Crippen LogP contribution in [0.15, 0.2) is 18.3 Å². The minimum Gasteiger partial charge on any atom is -0.300 e. The van der Waals surface area contributed by atoms with Crippen molar-refractivity contribution in [1.29, 1.82) is 0 Å². The van der Waals surface area contributed by atoms with Gasteiger partial charge < -0.3 is 0 Å². The van der Waals surface area contributed by atoms with Gasteiger partial charge in [0.05, 0.1) is 0 Å². The number of likely N-dealkylation sites (tertiary alicyclic amines) is 1. The van der Waals surface area contributed by atoms with Gasteiger partial charge in [-0.2, -0.15) is 0 Å². The summed E-state index contributed by atoms with van der Waals surface area (Å²) in [6.45, 7) is 6.96. The molecule has 16 heavy (non-hydrogen) atoms. The van der Waals surface area contributed by atoms with Gasteiger partial charge in [-0.3, -0.25) is 9.88 Å². The van der Waals surface area contributed by atoms with E-state index in [2.05, 4.69) is 42.1 Å². The van der Waals surface area contributed by atoms with Crippen molar-refractivity contribution in [3.05, 3.63) is 29.6 Å². The largest absolute Gasteiger partial charge is 0.300 e. The summed E-state index contributed by atoms with van der Waals surface area (Å²) in [7, 11) is 0. The van der Waals surface area contributed by atoms with Crippen LogP contribution in [0.3, 0.4) is 0 Å². The zero-order chi connectivity index (χ0) is 11.1. The lowest BCUT2D eigenvalue weighted by molar-refractivity contribution is 0.110. The van der Waals surface area contributed by atoms with E-state index in [1.54, 1.807) is 0 Å². The number of pyridine rings is 1. The van der Waals surface area contributed by atoms with Crippen molar-refractivity contribution >= 4 is 0 Å². The summed E-state index contributed by atoms with van der Waals surface area (Å²) in [5, 5.41) is 0. The van der Waals surface area contributed by atoms with Crippen molar-refractivity contribution in [2.24, 2.45) is 0 Å². The Morgan fingerprint density at radius 1 is 1.19 bits per heavy atom. The third kappa shape index (κ3) is 1.86. The number of hydrogen-bond acceptors (Lipinski definition) is 2. The van der Waals surface area contributed by atoms with Crippen LogP contribution in [-0.2, 0) is 0 Å². The fraction of sp³-hybridized carbons (Fsp3) is 0.643. The highest BCUT2D eigenvalue weighted by Gasteiger charge is 2.30. The molecule has 0 unspecified atom stereocenters. The van der Waals surface area contributed by atoms with Gasteiger partial charge in [0.2, 0.25) is 0 Å². The Hall–Kier alpha value is -0.890. The number of hydrogen-bond donors (Lipinski definition) is 0. The summed E-state index contributed by atoms with van der Waals surface area (Å²) in [4.78, 5) is 7.11. The minimum absolute atomic E-state index is 0.690. The Kier molecular flexibility index (Phi) is 2.47. The molecule has 0 N–H and O–H groups in total. The maximum atomic E-state index is 4.59. The monoisotopic (exact) mass is 216 g/mol. The molecule has 0 spiro atoms. The Balaban J connectivity index is 1.63. The number of aromatic nitrogens is 1. The van der Waals surface area contributed by atoms with Crippen molar-refractivity contribution in [2.45, 2.75) is 44.6 Å². The summed E-state index contributed by atoms with van der Waals surface area (Å²) >= 11 is 0. The van der Waals surface area contributed by atoms with Crippen LogP contribution in [0.2, 0.25) is 0 Å². The molecule has 2 fully saturated rings. The highest BCUT2D eigenvalue weighted by molar-refractivity contribution is 5.24. The molecule has 1 aromatic heterocycles. The van der Waals surface area contributed by atoms with Crippen LogP contribution in [0.5, 0.6) is 0 Å². The van der Waals surface area contributed by atoms with E-state index in [-0.39, 0.29) is 0 Å². The van der Waals surface area contributed by atoms with Gasteiger partial charge in [-0.15, -0.1) is 0 Å². The van der Waals surface area contributed by atoms with Crippen molar-refractivity contribution in [1.82, 2.24) is 9.88 Å². The molecular formula is C14H20N2. The minimum atomic E-state index is 0.690. The average Bonchev–Trinajstić information content (AvgIpc) is 2.99. The first-order valence-corrected chi connectivity index (χ1v) is 6.44. The highest BCUT2D eigenvalue weighted by atomic mass is 15.2. The van der Waals surface area contributed by atoms with E-state index in [1.807, 2.05) is 0 Å². The van der Waals surface area contributed by atoms with E-state index >= 15 is 0 Å². The molecule has 1 aliphatic heterocycles. The summed E-state index contributed by atoms with van der Waals surface area (Å²) in [5.41, 5.74) is 2.74. The molecular weight excluding hydrogens is 196 g/mol. The van der Waals surface area contributed by atoms with Gasteiger partial charge in [-0.25, -0.2) is 0 Å². The zero-order valence-electron chi connectivity index (χ0n) is 10.2. The molecule has 2 nitrogen and oxygen atoms in total. The average molecular weight is 216 g/mol. The van der Waals surface area contributed by atoms with Gasteiger partial charge in [-0.1, -0.05) is 6.07 Å². The van der Waals surface area contributed by atoms with Crippen LogP contribution in [0.4, 0.5) is 0 Å². The van der Waals surface area contributed by atoms with Crippen LogP contribution in [0.1, 0.15) is 49.8 Å². The summed E-state index contributed by atoms with van der Waals surface area (Å²) in [5.74, 6) is 1.51. The molecule has 3 rings (SSSR count). The molecule has 0 aromatic carbocycles. The van der Waals surface area contributed by atoms with Crippen LogP contribution in [-0.4, -0.2) is 29.0 Å². The van der Waals surface area contributed by atoms with E-state index in [1.165, 1.54) is 37.2 Å². The predicted octanol–water partition coefficient (Wildman–Crippen LogP) is 2.77. The van der Waals surface area contributed by atoms with E-state index in [4.69, 9.17) is 0 Å². The first-order chi connectivity index (χ1) is 7.74. The van der Waals surface area contributed by atoms with Crippen molar-refractivity contribution in [3.63, 3.8) is 0 Å². The number of nitrogens with zero attached hydrogens (tertiary/aromatic N) is 2. The van der Waals surface area contributed by atoms with E-state index in [0.29, 0.717) is 6.04 Å².